The van der Waals surface area contributed by atoms with Crippen molar-refractivity contribution in [3.05, 3.63) is 71.8 Å². The van der Waals surface area contributed by atoms with Crippen molar-refractivity contribution in [2.24, 2.45) is 0 Å². The van der Waals surface area contributed by atoms with E-state index >= 15 is 0 Å². The summed E-state index contributed by atoms with van der Waals surface area (Å²) in [5.74, 6) is 0. The predicted octanol–water partition coefficient (Wildman–Crippen LogP) is 2.38. The second-order valence-electron chi connectivity index (χ2n) is 4.99. The molecule has 0 radical (unpaired) electrons. The summed E-state index contributed by atoms with van der Waals surface area (Å²) in [7, 11) is 3.59. The van der Waals surface area contributed by atoms with Gasteiger partial charge in [-0.2, -0.15) is 5.26 Å². The van der Waals surface area contributed by atoms with Crippen molar-refractivity contribution in [1.29, 1.82) is 5.26 Å². The highest BCUT2D eigenvalue weighted by Gasteiger charge is 2.41. The summed E-state index contributed by atoms with van der Waals surface area (Å²) >= 11 is 0. The molecular weight excluding hydrogens is 248 g/mol. The summed E-state index contributed by atoms with van der Waals surface area (Å²) in [5, 5.41) is 20.8. The van der Waals surface area contributed by atoms with Gasteiger partial charge in [-0.25, -0.2) is 0 Å². The molecule has 0 fully saturated rings. The molecule has 0 heterocycles. The molecule has 20 heavy (non-hydrogen) atoms. The van der Waals surface area contributed by atoms with Crippen LogP contribution in [0.5, 0.6) is 0 Å². The monoisotopic (exact) mass is 266 g/mol. The van der Waals surface area contributed by atoms with Crippen LogP contribution < -0.4 is 0 Å². The van der Waals surface area contributed by atoms with Gasteiger partial charge in [-0.3, -0.25) is 4.90 Å². The topological polar surface area (TPSA) is 47.3 Å². The Labute approximate surface area is 119 Å². The van der Waals surface area contributed by atoms with E-state index in [9.17, 15) is 10.4 Å². The van der Waals surface area contributed by atoms with E-state index in [4.69, 9.17) is 0 Å². The van der Waals surface area contributed by atoms with Gasteiger partial charge in [0.2, 0.25) is 0 Å². The lowest BCUT2D eigenvalue weighted by Crippen LogP contribution is -2.48. The highest BCUT2D eigenvalue weighted by atomic mass is 16.3. The van der Waals surface area contributed by atoms with Crippen LogP contribution in [0, 0.1) is 11.3 Å². The summed E-state index contributed by atoms with van der Waals surface area (Å²) in [5.41, 5.74) is 0.0683. The van der Waals surface area contributed by atoms with E-state index in [0.717, 1.165) is 0 Å². The van der Waals surface area contributed by atoms with Gasteiger partial charge in [-0.05, 0) is 25.2 Å². The van der Waals surface area contributed by atoms with Gasteiger partial charge in [0, 0.05) is 0 Å². The van der Waals surface area contributed by atoms with Gasteiger partial charge in [0.05, 0.1) is 6.07 Å². The molecule has 2 aromatic carbocycles. The molecule has 0 aliphatic rings. The Morgan fingerprint density at radius 2 is 1.35 bits per heavy atom. The minimum Gasteiger partial charge on any atom is -0.378 e. The second-order valence-corrected chi connectivity index (χ2v) is 4.99. The van der Waals surface area contributed by atoms with E-state index in [1.807, 2.05) is 60.7 Å². The van der Waals surface area contributed by atoms with Crippen molar-refractivity contribution >= 4 is 0 Å². The lowest BCUT2D eigenvalue weighted by molar-refractivity contribution is 0.0211. The number of hydrogen-bond acceptors (Lipinski definition) is 3. The summed E-state index contributed by atoms with van der Waals surface area (Å²) in [6.07, 6.45) is 0. The number of benzene rings is 2. The lowest BCUT2D eigenvalue weighted by Gasteiger charge is -2.36. The fraction of sp³-hybridized carbons (Fsp3) is 0.235. The molecule has 102 valence electrons. The second kappa shape index (κ2) is 5.87. The minimum atomic E-state index is -1.36. The van der Waals surface area contributed by atoms with Crippen LogP contribution in [0.25, 0.3) is 0 Å². The van der Waals surface area contributed by atoms with Crippen LogP contribution in [0.4, 0.5) is 0 Å². The molecule has 1 N–H and O–H groups in total. The molecule has 1 unspecified atom stereocenters. The van der Waals surface area contributed by atoms with Gasteiger partial charge in [0.1, 0.15) is 11.6 Å². The highest BCUT2D eigenvalue weighted by Crippen LogP contribution is 2.34. The average Bonchev–Trinajstić information content (AvgIpc) is 2.49. The molecular formula is C17H18N2O. The van der Waals surface area contributed by atoms with Crippen LogP contribution in [0.15, 0.2) is 60.7 Å². The van der Waals surface area contributed by atoms with Crippen molar-refractivity contribution in [1.82, 2.24) is 4.90 Å². The summed E-state index contributed by atoms with van der Waals surface area (Å²) in [6.45, 7) is 0. The van der Waals surface area contributed by atoms with E-state index in [-0.39, 0.29) is 0 Å². The van der Waals surface area contributed by atoms with Crippen LogP contribution in [-0.4, -0.2) is 30.1 Å². The number of nitriles is 1. The summed E-state index contributed by atoms with van der Waals surface area (Å²) in [6, 6.07) is 20.2. The fourth-order valence-corrected chi connectivity index (χ4v) is 2.45. The first-order chi connectivity index (χ1) is 9.60. The number of aliphatic hydroxyl groups is 1. The van der Waals surface area contributed by atoms with E-state index in [1.165, 1.54) is 0 Å². The van der Waals surface area contributed by atoms with E-state index in [1.54, 1.807) is 19.0 Å². The first-order valence-electron chi connectivity index (χ1n) is 6.50. The minimum absolute atomic E-state index is 0.674. The van der Waals surface area contributed by atoms with Crippen molar-refractivity contribution in [2.45, 2.75) is 11.6 Å². The van der Waals surface area contributed by atoms with Gasteiger partial charge < -0.3 is 5.11 Å². The van der Waals surface area contributed by atoms with Crippen molar-refractivity contribution in [2.75, 3.05) is 14.1 Å². The third-order valence-electron chi connectivity index (χ3n) is 3.46. The molecule has 2 rings (SSSR count). The Balaban J connectivity index is 2.64. The van der Waals surface area contributed by atoms with Crippen LogP contribution in [0.1, 0.15) is 11.1 Å². The van der Waals surface area contributed by atoms with Crippen LogP contribution >= 0.6 is 0 Å². The number of likely N-dealkylation sites (N-methyl/N-ethyl adjacent to an activating group) is 1. The molecule has 3 nitrogen and oxygen atoms in total. The van der Waals surface area contributed by atoms with Crippen molar-refractivity contribution < 1.29 is 5.11 Å². The van der Waals surface area contributed by atoms with Gasteiger partial charge >= 0.3 is 0 Å². The van der Waals surface area contributed by atoms with Crippen LogP contribution in [-0.2, 0) is 5.60 Å². The molecule has 0 aliphatic carbocycles. The molecule has 1 atom stereocenters. The quantitative estimate of drug-likeness (QED) is 0.924. The average molecular weight is 266 g/mol. The highest BCUT2D eigenvalue weighted by molar-refractivity contribution is 5.40. The Kier molecular flexibility index (Phi) is 4.19. The molecule has 0 amide bonds. The Morgan fingerprint density at radius 1 is 0.950 bits per heavy atom. The van der Waals surface area contributed by atoms with Gasteiger partial charge in [0.25, 0.3) is 0 Å². The standard InChI is InChI=1S/C17H18N2O/c1-19(2)16(13-18)17(20,14-9-5-3-6-10-14)15-11-7-4-8-12-15/h3-12,16,20H,1-2H3. The third kappa shape index (κ3) is 2.44. The van der Waals surface area contributed by atoms with E-state index in [0.29, 0.717) is 11.1 Å². The molecule has 0 saturated carbocycles. The number of rotatable bonds is 4. The zero-order valence-corrected chi connectivity index (χ0v) is 11.7. The SMILES string of the molecule is CN(C)C(C#N)C(O)(c1ccccc1)c1ccccc1. The summed E-state index contributed by atoms with van der Waals surface area (Å²) < 4.78 is 0. The first-order valence-corrected chi connectivity index (χ1v) is 6.50. The molecule has 0 aliphatic heterocycles. The zero-order valence-electron chi connectivity index (χ0n) is 11.7. The maximum absolute atomic E-state index is 11.3. The lowest BCUT2D eigenvalue weighted by atomic mass is 9.80. The van der Waals surface area contributed by atoms with E-state index < -0.39 is 11.6 Å². The van der Waals surface area contributed by atoms with Crippen molar-refractivity contribution in [3.63, 3.8) is 0 Å². The maximum atomic E-state index is 11.3. The predicted molar refractivity (Wildman–Crippen MR) is 79.0 cm³/mol. The fourth-order valence-electron chi connectivity index (χ4n) is 2.45. The van der Waals surface area contributed by atoms with Crippen LogP contribution in [0.3, 0.4) is 0 Å². The Bertz CT molecular complexity index is 548. The Morgan fingerprint density at radius 3 is 1.65 bits per heavy atom. The number of hydrogen-bond donors (Lipinski definition) is 1. The molecule has 0 saturated heterocycles. The number of nitrogens with zero attached hydrogens (tertiary/aromatic N) is 2. The molecule has 0 spiro atoms. The smallest absolute Gasteiger partial charge is 0.143 e. The van der Waals surface area contributed by atoms with Gasteiger partial charge in [-0.15, -0.1) is 0 Å². The zero-order chi connectivity index (χ0) is 14.6. The molecule has 0 bridgehead atoms. The molecule has 2 aromatic rings. The summed E-state index contributed by atoms with van der Waals surface area (Å²) in [4.78, 5) is 1.74. The van der Waals surface area contributed by atoms with Crippen molar-refractivity contribution in [3.8, 4) is 6.07 Å². The van der Waals surface area contributed by atoms with Gasteiger partial charge in [-0.1, -0.05) is 60.7 Å². The Hall–Kier alpha value is -2.15. The first kappa shape index (κ1) is 14.3. The third-order valence-corrected chi connectivity index (χ3v) is 3.46. The maximum Gasteiger partial charge on any atom is 0.143 e. The van der Waals surface area contributed by atoms with Gasteiger partial charge in [0.15, 0.2) is 0 Å². The van der Waals surface area contributed by atoms with Crippen LogP contribution in [0.2, 0.25) is 0 Å². The van der Waals surface area contributed by atoms with E-state index in [2.05, 4.69) is 6.07 Å². The molecule has 3 heteroatoms. The molecule has 0 aromatic heterocycles. The largest absolute Gasteiger partial charge is 0.378 e. The normalized spacial score (nSPS) is 12.9.